The third kappa shape index (κ3) is 5.33. The molecule has 1 amide bonds. The molecule has 1 atom stereocenters. The van der Waals surface area contributed by atoms with Crippen LogP contribution in [0.2, 0.25) is 0 Å². The van der Waals surface area contributed by atoms with Gasteiger partial charge in [-0.1, -0.05) is 19.9 Å². The summed E-state index contributed by atoms with van der Waals surface area (Å²) in [5.41, 5.74) is -0.332. The summed E-state index contributed by atoms with van der Waals surface area (Å²) in [5, 5.41) is 16.4. The van der Waals surface area contributed by atoms with Crippen LogP contribution in [-0.2, 0) is 4.79 Å². The SMILES string of the molecule is C=CCNC(=O)C(C)NCC1(O)CCC(C)(C)CC1. The molecule has 1 aliphatic rings. The van der Waals surface area contributed by atoms with Crippen LogP contribution in [0.1, 0.15) is 46.5 Å². The fraction of sp³-hybridized carbons (Fsp3) is 0.800. The van der Waals surface area contributed by atoms with Gasteiger partial charge in [0.2, 0.25) is 5.91 Å². The van der Waals surface area contributed by atoms with Gasteiger partial charge in [-0.2, -0.15) is 0 Å². The maximum Gasteiger partial charge on any atom is 0.237 e. The lowest BCUT2D eigenvalue weighted by Gasteiger charge is -2.40. The zero-order valence-electron chi connectivity index (χ0n) is 12.5. The molecule has 1 rings (SSSR count). The molecular weight excluding hydrogens is 240 g/mol. The van der Waals surface area contributed by atoms with Crippen LogP contribution in [0.3, 0.4) is 0 Å². The summed E-state index contributed by atoms with van der Waals surface area (Å²) < 4.78 is 0. The van der Waals surface area contributed by atoms with Crippen LogP contribution in [-0.4, -0.2) is 35.7 Å². The Morgan fingerprint density at radius 2 is 1.95 bits per heavy atom. The number of hydrogen-bond donors (Lipinski definition) is 3. The molecule has 0 aromatic carbocycles. The Hall–Kier alpha value is -0.870. The van der Waals surface area contributed by atoms with Gasteiger partial charge in [0.25, 0.3) is 0 Å². The molecule has 0 heterocycles. The molecule has 0 spiro atoms. The van der Waals surface area contributed by atoms with E-state index in [4.69, 9.17) is 0 Å². The Morgan fingerprint density at radius 1 is 1.37 bits per heavy atom. The molecule has 3 N–H and O–H groups in total. The molecule has 110 valence electrons. The highest BCUT2D eigenvalue weighted by Crippen LogP contribution is 2.39. The summed E-state index contributed by atoms with van der Waals surface area (Å²) in [6, 6.07) is -0.293. The number of aliphatic hydroxyl groups is 1. The lowest BCUT2D eigenvalue weighted by molar-refractivity contribution is -0.123. The maximum atomic E-state index is 11.7. The number of carbonyl (C=O) groups excluding carboxylic acids is 1. The number of amides is 1. The molecule has 0 saturated heterocycles. The van der Waals surface area contributed by atoms with E-state index in [0.717, 1.165) is 25.7 Å². The minimum Gasteiger partial charge on any atom is -0.389 e. The zero-order chi connectivity index (χ0) is 14.5. The Labute approximate surface area is 116 Å². The van der Waals surface area contributed by atoms with Gasteiger partial charge in [-0.3, -0.25) is 4.79 Å². The van der Waals surface area contributed by atoms with E-state index in [0.29, 0.717) is 18.5 Å². The fourth-order valence-corrected chi connectivity index (χ4v) is 2.33. The summed E-state index contributed by atoms with van der Waals surface area (Å²) >= 11 is 0. The molecule has 1 aliphatic carbocycles. The summed E-state index contributed by atoms with van der Waals surface area (Å²) in [6.07, 6.45) is 5.31. The van der Waals surface area contributed by atoms with Crippen molar-refractivity contribution in [3.63, 3.8) is 0 Å². The van der Waals surface area contributed by atoms with Crippen molar-refractivity contribution in [1.82, 2.24) is 10.6 Å². The van der Waals surface area contributed by atoms with Gasteiger partial charge in [0, 0.05) is 13.1 Å². The van der Waals surface area contributed by atoms with E-state index in [-0.39, 0.29) is 11.9 Å². The van der Waals surface area contributed by atoms with Crippen molar-refractivity contribution in [2.75, 3.05) is 13.1 Å². The lowest BCUT2D eigenvalue weighted by atomic mass is 9.71. The van der Waals surface area contributed by atoms with Crippen molar-refractivity contribution < 1.29 is 9.90 Å². The van der Waals surface area contributed by atoms with Crippen LogP contribution >= 0.6 is 0 Å². The van der Waals surface area contributed by atoms with Crippen molar-refractivity contribution in [2.45, 2.75) is 58.1 Å². The summed E-state index contributed by atoms with van der Waals surface area (Å²) in [4.78, 5) is 11.7. The zero-order valence-corrected chi connectivity index (χ0v) is 12.5. The van der Waals surface area contributed by atoms with Crippen molar-refractivity contribution >= 4 is 5.91 Å². The molecule has 1 unspecified atom stereocenters. The standard InChI is InChI=1S/C15H28N2O2/c1-5-10-16-13(18)12(2)17-11-15(19)8-6-14(3,4)7-9-15/h5,12,17,19H,1,6-11H2,2-4H3,(H,16,18). The van der Waals surface area contributed by atoms with Crippen molar-refractivity contribution in [3.05, 3.63) is 12.7 Å². The first-order valence-corrected chi connectivity index (χ1v) is 7.12. The lowest BCUT2D eigenvalue weighted by Crippen LogP contribution is -2.50. The first-order chi connectivity index (χ1) is 8.78. The van der Waals surface area contributed by atoms with Gasteiger partial charge in [0.1, 0.15) is 0 Å². The Bertz CT molecular complexity index is 316. The van der Waals surface area contributed by atoms with E-state index in [9.17, 15) is 9.90 Å². The second-order valence-electron chi connectivity index (χ2n) is 6.52. The number of rotatable bonds is 6. The minimum atomic E-state index is -0.664. The van der Waals surface area contributed by atoms with E-state index in [2.05, 4.69) is 31.1 Å². The monoisotopic (exact) mass is 268 g/mol. The van der Waals surface area contributed by atoms with Crippen LogP contribution in [0.4, 0.5) is 0 Å². The number of nitrogens with one attached hydrogen (secondary N) is 2. The first-order valence-electron chi connectivity index (χ1n) is 7.12. The predicted molar refractivity (Wildman–Crippen MR) is 77.9 cm³/mol. The Morgan fingerprint density at radius 3 is 2.47 bits per heavy atom. The minimum absolute atomic E-state index is 0.0559. The van der Waals surface area contributed by atoms with Crippen molar-refractivity contribution in [3.8, 4) is 0 Å². The molecule has 1 saturated carbocycles. The smallest absolute Gasteiger partial charge is 0.237 e. The summed E-state index contributed by atoms with van der Waals surface area (Å²) in [7, 11) is 0. The Balaban J connectivity index is 2.35. The molecule has 0 bridgehead atoms. The normalized spacial score (nSPS) is 22.5. The number of carbonyl (C=O) groups is 1. The Kier molecular flexibility index (Phi) is 5.56. The van der Waals surface area contributed by atoms with Gasteiger partial charge in [0.05, 0.1) is 11.6 Å². The van der Waals surface area contributed by atoms with Gasteiger partial charge >= 0.3 is 0 Å². The molecule has 0 aromatic heterocycles. The van der Waals surface area contributed by atoms with E-state index in [1.807, 2.05) is 6.92 Å². The van der Waals surface area contributed by atoms with Crippen LogP contribution < -0.4 is 10.6 Å². The van der Waals surface area contributed by atoms with Gasteiger partial charge in [0.15, 0.2) is 0 Å². The van der Waals surface area contributed by atoms with E-state index >= 15 is 0 Å². The van der Waals surface area contributed by atoms with E-state index in [1.165, 1.54) is 0 Å². The third-order valence-corrected chi connectivity index (χ3v) is 4.09. The molecule has 0 radical (unpaired) electrons. The number of hydrogen-bond acceptors (Lipinski definition) is 3. The van der Waals surface area contributed by atoms with Gasteiger partial charge < -0.3 is 15.7 Å². The predicted octanol–water partition coefficient (Wildman–Crippen LogP) is 1.60. The van der Waals surface area contributed by atoms with Gasteiger partial charge in [-0.25, -0.2) is 0 Å². The molecule has 0 aliphatic heterocycles. The molecule has 1 fully saturated rings. The average Bonchev–Trinajstić information content (AvgIpc) is 2.37. The third-order valence-electron chi connectivity index (χ3n) is 4.09. The highest BCUT2D eigenvalue weighted by Gasteiger charge is 2.36. The average molecular weight is 268 g/mol. The summed E-state index contributed by atoms with van der Waals surface area (Å²) in [5.74, 6) is -0.0559. The molecule has 0 aromatic rings. The molecule has 4 nitrogen and oxygen atoms in total. The fourth-order valence-electron chi connectivity index (χ4n) is 2.33. The highest BCUT2D eigenvalue weighted by molar-refractivity contribution is 5.81. The largest absolute Gasteiger partial charge is 0.389 e. The van der Waals surface area contributed by atoms with Crippen LogP contribution in [0.5, 0.6) is 0 Å². The van der Waals surface area contributed by atoms with E-state index in [1.54, 1.807) is 6.08 Å². The quantitative estimate of drug-likeness (QED) is 0.641. The van der Waals surface area contributed by atoms with Gasteiger partial charge in [-0.15, -0.1) is 6.58 Å². The summed E-state index contributed by atoms with van der Waals surface area (Å²) in [6.45, 7) is 10.8. The van der Waals surface area contributed by atoms with Crippen molar-refractivity contribution in [2.24, 2.45) is 5.41 Å². The highest BCUT2D eigenvalue weighted by atomic mass is 16.3. The van der Waals surface area contributed by atoms with E-state index < -0.39 is 5.60 Å². The van der Waals surface area contributed by atoms with Crippen molar-refractivity contribution in [1.29, 1.82) is 0 Å². The topological polar surface area (TPSA) is 61.4 Å². The molecule has 4 heteroatoms. The van der Waals surface area contributed by atoms with Crippen LogP contribution in [0, 0.1) is 5.41 Å². The van der Waals surface area contributed by atoms with Gasteiger partial charge in [-0.05, 0) is 38.0 Å². The second-order valence-corrected chi connectivity index (χ2v) is 6.52. The first kappa shape index (κ1) is 16.2. The van der Waals surface area contributed by atoms with Crippen LogP contribution in [0.25, 0.3) is 0 Å². The molecular formula is C15H28N2O2. The second kappa shape index (κ2) is 6.53. The van der Waals surface area contributed by atoms with Crippen LogP contribution in [0.15, 0.2) is 12.7 Å². The molecule has 19 heavy (non-hydrogen) atoms. The maximum absolute atomic E-state index is 11.7.